The molecule has 0 spiro atoms. The summed E-state index contributed by atoms with van der Waals surface area (Å²) in [5, 5.41) is 11.0. The average Bonchev–Trinajstić information content (AvgIpc) is 3.07. The number of Topliss-reactive ketones (excluding diaryl/α,β-unsaturated/α-hetero) is 1. The zero-order chi connectivity index (χ0) is 24.0. The van der Waals surface area contributed by atoms with Crippen LogP contribution in [0.3, 0.4) is 0 Å². The van der Waals surface area contributed by atoms with Crippen molar-refractivity contribution in [1.82, 2.24) is 9.88 Å². The Morgan fingerprint density at radius 3 is 2.45 bits per heavy atom. The number of hydrogen-bond acceptors (Lipinski definition) is 7. The highest BCUT2D eigenvalue weighted by Crippen LogP contribution is 2.41. The molecule has 0 saturated carbocycles. The van der Waals surface area contributed by atoms with Gasteiger partial charge in [0.25, 0.3) is 11.7 Å². The number of ketones is 1. The highest BCUT2D eigenvalue weighted by Gasteiger charge is 2.46. The Balaban J connectivity index is 2.06. The first kappa shape index (κ1) is 24.3. The molecule has 1 amide bonds. The first-order chi connectivity index (χ1) is 15.9. The van der Waals surface area contributed by atoms with Crippen LogP contribution in [0.1, 0.15) is 37.4 Å². The van der Waals surface area contributed by atoms with Crippen LogP contribution in [0.2, 0.25) is 0 Å². The molecular formula is C25H30N2O6. The van der Waals surface area contributed by atoms with E-state index in [9.17, 15) is 14.7 Å². The number of pyridine rings is 1. The number of hydrogen-bond donors (Lipinski definition) is 1. The number of carbonyl (C=O) groups excluding carboxylic acids is 2. The normalized spacial score (nSPS) is 17.6. The maximum Gasteiger partial charge on any atom is 0.295 e. The predicted octanol–water partition coefficient (Wildman–Crippen LogP) is 3.58. The molecule has 1 atom stereocenters. The van der Waals surface area contributed by atoms with Gasteiger partial charge in [-0.2, -0.15) is 0 Å². The van der Waals surface area contributed by atoms with Crippen molar-refractivity contribution >= 4 is 17.4 Å². The number of rotatable bonds is 10. The molecule has 1 N–H and O–H groups in total. The van der Waals surface area contributed by atoms with E-state index in [-0.39, 0.29) is 24.5 Å². The zero-order valence-corrected chi connectivity index (χ0v) is 19.4. The smallest absolute Gasteiger partial charge is 0.295 e. The summed E-state index contributed by atoms with van der Waals surface area (Å²) in [6.07, 6.45) is 3.92. The first-order valence-electron chi connectivity index (χ1n) is 10.9. The van der Waals surface area contributed by atoms with Gasteiger partial charge in [-0.3, -0.25) is 14.6 Å². The Bertz CT molecular complexity index is 1020. The van der Waals surface area contributed by atoms with Gasteiger partial charge in [-0.1, -0.05) is 19.9 Å². The predicted molar refractivity (Wildman–Crippen MR) is 123 cm³/mol. The zero-order valence-electron chi connectivity index (χ0n) is 19.4. The van der Waals surface area contributed by atoms with Crippen molar-refractivity contribution in [3.8, 4) is 11.5 Å². The van der Waals surface area contributed by atoms with E-state index < -0.39 is 17.7 Å². The van der Waals surface area contributed by atoms with Gasteiger partial charge in [0.05, 0.1) is 31.9 Å². The van der Waals surface area contributed by atoms with Gasteiger partial charge in [-0.15, -0.1) is 0 Å². The topological polar surface area (TPSA) is 98.2 Å². The molecule has 33 heavy (non-hydrogen) atoms. The lowest BCUT2D eigenvalue weighted by molar-refractivity contribution is -0.140. The Kier molecular flexibility index (Phi) is 8.06. The average molecular weight is 455 g/mol. The minimum atomic E-state index is -0.799. The van der Waals surface area contributed by atoms with Crippen molar-refractivity contribution in [3.05, 3.63) is 59.4 Å². The summed E-state index contributed by atoms with van der Waals surface area (Å²) in [4.78, 5) is 31.2. The fourth-order valence-electron chi connectivity index (χ4n) is 3.69. The second-order valence-electron chi connectivity index (χ2n) is 8.16. The van der Waals surface area contributed by atoms with Gasteiger partial charge in [0, 0.05) is 31.6 Å². The van der Waals surface area contributed by atoms with E-state index in [4.69, 9.17) is 14.2 Å². The number of aliphatic hydroxyl groups is 1. The minimum absolute atomic E-state index is 0.0119. The quantitative estimate of drug-likeness (QED) is 0.333. The van der Waals surface area contributed by atoms with Crippen molar-refractivity contribution < 1.29 is 28.9 Å². The van der Waals surface area contributed by atoms with E-state index in [1.807, 2.05) is 0 Å². The van der Waals surface area contributed by atoms with Crippen LogP contribution in [0.5, 0.6) is 11.5 Å². The van der Waals surface area contributed by atoms with Crippen LogP contribution in [0.15, 0.2) is 48.3 Å². The lowest BCUT2D eigenvalue weighted by Crippen LogP contribution is -2.32. The third kappa shape index (κ3) is 5.34. The van der Waals surface area contributed by atoms with Crippen molar-refractivity contribution in [2.24, 2.45) is 5.92 Å². The minimum Gasteiger partial charge on any atom is -0.507 e. The summed E-state index contributed by atoms with van der Waals surface area (Å²) in [6.45, 7) is 5.22. The largest absolute Gasteiger partial charge is 0.507 e. The van der Waals surface area contributed by atoms with Gasteiger partial charge >= 0.3 is 0 Å². The van der Waals surface area contributed by atoms with E-state index >= 15 is 0 Å². The van der Waals surface area contributed by atoms with E-state index in [0.29, 0.717) is 35.2 Å². The molecule has 176 valence electrons. The molecule has 0 radical (unpaired) electrons. The molecule has 0 aliphatic carbocycles. The highest BCUT2D eigenvalue weighted by molar-refractivity contribution is 6.46. The third-order valence-corrected chi connectivity index (χ3v) is 5.49. The number of ether oxygens (including phenoxy) is 3. The van der Waals surface area contributed by atoms with Crippen molar-refractivity contribution in [3.63, 3.8) is 0 Å². The lowest BCUT2D eigenvalue weighted by Gasteiger charge is -2.25. The number of aromatic nitrogens is 1. The highest BCUT2D eigenvalue weighted by atomic mass is 16.5. The number of benzene rings is 1. The second kappa shape index (κ2) is 11.0. The molecule has 1 saturated heterocycles. The molecule has 0 bridgehead atoms. The number of amides is 1. The maximum atomic E-state index is 13.0. The van der Waals surface area contributed by atoms with Crippen LogP contribution in [0, 0.1) is 5.92 Å². The van der Waals surface area contributed by atoms with Gasteiger partial charge in [0.1, 0.15) is 5.76 Å². The fourth-order valence-corrected chi connectivity index (χ4v) is 3.69. The van der Waals surface area contributed by atoms with Crippen LogP contribution >= 0.6 is 0 Å². The van der Waals surface area contributed by atoms with Crippen LogP contribution in [0.25, 0.3) is 5.76 Å². The fraction of sp³-hybridized carbons (Fsp3) is 0.400. The Labute approximate surface area is 193 Å². The molecule has 3 rings (SSSR count). The van der Waals surface area contributed by atoms with Crippen LogP contribution < -0.4 is 9.47 Å². The van der Waals surface area contributed by atoms with Crippen molar-refractivity contribution in [2.75, 3.05) is 34.0 Å². The Hall–Kier alpha value is -3.39. The summed E-state index contributed by atoms with van der Waals surface area (Å²) in [5.74, 6) is -0.131. The molecule has 1 aliphatic rings. The molecule has 8 nitrogen and oxygen atoms in total. The number of carbonyl (C=O) groups is 2. The van der Waals surface area contributed by atoms with Crippen molar-refractivity contribution in [2.45, 2.75) is 26.3 Å². The van der Waals surface area contributed by atoms with Crippen LogP contribution in [-0.4, -0.2) is 60.7 Å². The van der Waals surface area contributed by atoms with Crippen molar-refractivity contribution in [1.29, 1.82) is 0 Å². The monoisotopic (exact) mass is 454 g/mol. The molecule has 8 heteroatoms. The molecular weight excluding hydrogens is 424 g/mol. The summed E-state index contributed by atoms with van der Waals surface area (Å²) in [7, 11) is 3.06. The summed E-state index contributed by atoms with van der Waals surface area (Å²) < 4.78 is 16.5. The summed E-state index contributed by atoms with van der Waals surface area (Å²) >= 11 is 0. The summed E-state index contributed by atoms with van der Waals surface area (Å²) in [6, 6.07) is 7.65. The molecule has 1 aromatic carbocycles. The molecule has 2 heterocycles. The van der Waals surface area contributed by atoms with Crippen LogP contribution in [0.4, 0.5) is 0 Å². The van der Waals surface area contributed by atoms with E-state index in [0.717, 1.165) is 6.42 Å². The van der Waals surface area contributed by atoms with Gasteiger partial charge in [-0.05, 0) is 42.2 Å². The Morgan fingerprint density at radius 1 is 1.09 bits per heavy atom. The molecule has 1 fully saturated rings. The van der Waals surface area contributed by atoms with Gasteiger partial charge in [0.2, 0.25) is 0 Å². The van der Waals surface area contributed by atoms with Gasteiger partial charge in [0.15, 0.2) is 11.5 Å². The standard InChI is InChI=1S/C25H30N2O6/c1-16(2)9-13-33-19-6-5-18(15-20(19)32-4)22-21(23(28)17-7-10-26-11-8-17)24(29)25(30)27(22)12-14-31-3/h5-8,10-11,15-16,22,28H,9,12-14H2,1-4H3. The van der Waals surface area contributed by atoms with E-state index in [1.54, 1.807) is 30.3 Å². The van der Waals surface area contributed by atoms with E-state index in [2.05, 4.69) is 18.8 Å². The second-order valence-corrected chi connectivity index (χ2v) is 8.16. The first-order valence-corrected chi connectivity index (χ1v) is 10.9. The van der Waals surface area contributed by atoms with Crippen LogP contribution in [-0.2, 0) is 14.3 Å². The maximum absolute atomic E-state index is 13.0. The molecule has 2 aromatic rings. The lowest BCUT2D eigenvalue weighted by atomic mass is 9.95. The molecule has 1 unspecified atom stereocenters. The van der Waals surface area contributed by atoms with Gasteiger partial charge < -0.3 is 24.2 Å². The number of aliphatic hydroxyl groups excluding tert-OH is 1. The number of nitrogens with zero attached hydrogens (tertiary/aromatic N) is 2. The van der Waals surface area contributed by atoms with Gasteiger partial charge in [-0.25, -0.2) is 0 Å². The SMILES string of the molecule is COCCN1C(=O)C(=O)C(=C(O)c2ccncc2)C1c1ccc(OCCC(C)C)c(OC)c1. The molecule has 1 aliphatic heterocycles. The molecule has 1 aromatic heterocycles. The number of methoxy groups -OCH3 is 2. The summed E-state index contributed by atoms with van der Waals surface area (Å²) in [5.41, 5.74) is 1.03. The number of likely N-dealkylation sites (tertiary alicyclic amines) is 1. The Morgan fingerprint density at radius 2 is 1.82 bits per heavy atom. The van der Waals surface area contributed by atoms with E-state index in [1.165, 1.54) is 31.5 Å². The third-order valence-electron chi connectivity index (χ3n) is 5.49.